The summed E-state index contributed by atoms with van der Waals surface area (Å²) in [4.78, 5) is 21.3. The number of hydrogen-bond donors (Lipinski definition) is 3. The van der Waals surface area contributed by atoms with Gasteiger partial charge in [-0.1, -0.05) is 11.6 Å². The molecule has 0 unspecified atom stereocenters. The molecule has 4 rings (SSSR count). The van der Waals surface area contributed by atoms with Crippen LogP contribution in [0.2, 0.25) is 5.02 Å². The van der Waals surface area contributed by atoms with Crippen LogP contribution in [0, 0.1) is 11.8 Å². The molecule has 2 aromatic heterocycles. The number of nitrogens with zero attached hydrogens (tertiary/aromatic N) is 2. The predicted octanol–water partition coefficient (Wildman–Crippen LogP) is 6.19. The molecule has 1 aliphatic carbocycles. The first-order valence-corrected chi connectivity index (χ1v) is 14.2. The molecule has 10 heteroatoms. The summed E-state index contributed by atoms with van der Waals surface area (Å²) in [5.41, 5.74) is 1.27. The third kappa shape index (κ3) is 8.21. The number of nitrogens with one attached hydrogen (secondary N) is 3. The Bertz CT molecular complexity index is 998. The van der Waals surface area contributed by atoms with Crippen molar-refractivity contribution in [3.8, 4) is 11.3 Å². The van der Waals surface area contributed by atoms with Crippen LogP contribution in [0.3, 0.4) is 0 Å². The molecule has 2 aliphatic rings. The van der Waals surface area contributed by atoms with E-state index in [0.29, 0.717) is 16.9 Å². The van der Waals surface area contributed by atoms with Gasteiger partial charge in [-0.15, -0.1) is 11.3 Å². The van der Waals surface area contributed by atoms with E-state index in [-0.39, 0.29) is 12.1 Å². The molecule has 0 bridgehead atoms. The summed E-state index contributed by atoms with van der Waals surface area (Å²) in [6, 6.07) is 2.16. The number of anilines is 2. The van der Waals surface area contributed by atoms with Crippen LogP contribution in [0.15, 0.2) is 17.6 Å². The number of alkyl carbamates (subject to hydrolysis) is 1. The largest absolute Gasteiger partial charge is 0.444 e. The van der Waals surface area contributed by atoms with Crippen molar-refractivity contribution in [1.82, 2.24) is 15.3 Å². The number of halogens is 1. The van der Waals surface area contributed by atoms with Gasteiger partial charge >= 0.3 is 6.09 Å². The van der Waals surface area contributed by atoms with Crippen molar-refractivity contribution in [1.29, 1.82) is 0 Å². The molecule has 0 radical (unpaired) electrons. The highest BCUT2D eigenvalue weighted by Crippen LogP contribution is 2.32. The van der Waals surface area contributed by atoms with Crippen molar-refractivity contribution >= 4 is 40.0 Å². The lowest BCUT2D eigenvalue weighted by molar-refractivity contribution is 0.0488. The topological polar surface area (TPSA) is 97.4 Å². The minimum Gasteiger partial charge on any atom is -0.444 e. The van der Waals surface area contributed by atoms with Crippen LogP contribution in [-0.2, 0) is 9.47 Å². The Balaban J connectivity index is 1.24. The van der Waals surface area contributed by atoms with Gasteiger partial charge in [-0.2, -0.15) is 0 Å². The molecule has 1 saturated carbocycles. The molecule has 198 valence electrons. The molecule has 3 heterocycles. The summed E-state index contributed by atoms with van der Waals surface area (Å²) in [5.74, 6) is 1.96. The minimum atomic E-state index is -0.475. The standard InChI is InChI=1S/C26H38ClN5O3S/c1-26(2,3)35-25(33)31-19-6-4-17(5-7-19)13-28-23-12-20(21(27)15-29-23)22-16-36-24(32-22)30-14-18-8-10-34-11-9-18/h12,15-19H,4-11,13-14H2,1-3H3,(H,28,29)(H,30,32)(H,31,33)/t17-,19-. The molecule has 3 N–H and O–H groups in total. The van der Waals surface area contributed by atoms with E-state index in [9.17, 15) is 4.79 Å². The lowest BCUT2D eigenvalue weighted by atomic mass is 9.86. The fraction of sp³-hybridized carbons (Fsp3) is 0.654. The first-order chi connectivity index (χ1) is 17.2. The maximum absolute atomic E-state index is 12.0. The summed E-state index contributed by atoms with van der Waals surface area (Å²) in [6.07, 6.45) is 7.54. The average Bonchev–Trinajstić information content (AvgIpc) is 3.31. The minimum absolute atomic E-state index is 0.176. The first-order valence-electron chi connectivity index (χ1n) is 12.9. The fourth-order valence-corrected chi connectivity index (χ4v) is 5.55. The van der Waals surface area contributed by atoms with Crippen molar-refractivity contribution < 1.29 is 14.3 Å². The van der Waals surface area contributed by atoms with Crippen LogP contribution < -0.4 is 16.0 Å². The van der Waals surface area contributed by atoms with E-state index in [4.69, 9.17) is 26.1 Å². The highest BCUT2D eigenvalue weighted by Gasteiger charge is 2.25. The van der Waals surface area contributed by atoms with Gasteiger partial charge in [-0.05, 0) is 77.2 Å². The zero-order valence-corrected chi connectivity index (χ0v) is 23.0. The van der Waals surface area contributed by atoms with Crippen molar-refractivity contribution in [2.75, 3.05) is 36.9 Å². The predicted molar refractivity (Wildman–Crippen MR) is 146 cm³/mol. The third-order valence-corrected chi connectivity index (χ3v) is 7.76. The van der Waals surface area contributed by atoms with Crippen molar-refractivity contribution in [2.45, 2.75) is 70.9 Å². The van der Waals surface area contributed by atoms with E-state index in [1.807, 2.05) is 32.2 Å². The lowest BCUT2D eigenvalue weighted by Crippen LogP contribution is -2.41. The van der Waals surface area contributed by atoms with Crippen LogP contribution in [-0.4, -0.2) is 54.0 Å². The van der Waals surface area contributed by atoms with Crippen molar-refractivity contribution in [3.63, 3.8) is 0 Å². The van der Waals surface area contributed by atoms with Gasteiger partial charge in [0.1, 0.15) is 11.4 Å². The lowest BCUT2D eigenvalue weighted by Gasteiger charge is -2.30. The van der Waals surface area contributed by atoms with Crippen molar-refractivity contribution in [3.05, 3.63) is 22.7 Å². The SMILES string of the molecule is CC(C)(C)OC(=O)N[C@H]1CC[C@H](CNc2cc(-c3csc(NCC4CCOCC4)n3)c(Cl)cn2)CC1. The molecule has 2 aromatic rings. The van der Waals surface area contributed by atoms with Crippen LogP contribution in [0.25, 0.3) is 11.3 Å². The highest BCUT2D eigenvalue weighted by atomic mass is 35.5. The van der Waals surface area contributed by atoms with E-state index in [0.717, 1.165) is 87.0 Å². The molecule has 1 saturated heterocycles. The molecule has 2 fully saturated rings. The second-order valence-electron chi connectivity index (χ2n) is 10.8. The van der Waals surface area contributed by atoms with Crippen LogP contribution >= 0.6 is 22.9 Å². The van der Waals surface area contributed by atoms with Gasteiger partial charge in [0.05, 0.1) is 10.7 Å². The van der Waals surface area contributed by atoms with E-state index in [1.165, 1.54) is 0 Å². The summed E-state index contributed by atoms with van der Waals surface area (Å²) in [6.45, 7) is 9.09. The van der Waals surface area contributed by atoms with E-state index in [1.54, 1.807) is 17.5 Å². The van der Waals surface area contributed by atoms with E-state index < -0.39 is 5.60 Å². The second-order valence-corrected chi connectivity index (χ2v) is 12.0. The summed E-state index contributed by atoms with van der Waals surface area (Å²) < 4.78 is 10.8. The first kappa shape index (κ1) is 26.9. The van der Waals surface area contributed by atoms with E-state index in [2.05, 4.69) is 20.9 Å². The van der Waals surface area contributed by atoms with Gasteiger partial charge < -0.3 is 25.4 Å². The number of carbonyl (C=O) groups is 1. The smallest absolute Gasteiger partial charge is 0.407 e. The zero-order valence-electron chi connectivity index (χ0n) is 21.4. The normalized spacial score (nSPS) is 21.1. The summed E-state index contributed by atoms with van der Waals surface area (Å²) in [7, 11) is 0. The number of carbonyl (C=O) groups excluding carboxylic acids is 1. The quantitative estimate of drug-likeness (QED) is 0.370. The number of thiazole rings is 1. The highest BCUT2D eigenvalue weighted by molar-refractivity contribution is 7.14. The number of aromatic nitrogens is 2. The molecule has 1 amide bonds. The summed E-state index contributed by atoms with van der Waals surface area (Å²) >= 11 is 8.08. The molecule has 0 spiro atoms. The monoisotopic (exact) mass is 535 g/mol. The Morgan fingerprint density at radius 1 is 1.11 bits per heavy atom. The maximum atomic E-state index is 12.0. The van der Waals surface area contributed by atoms with Crippen molar-refractivity contribution in [2.24, 2.45) is 11.8 Å². The van der Waals surface area contributed by atoms with Gasteiger partial charge in [0.2, 0.25) is 0 Å². The number of hydrogen-bond acceptors (Lipinski definition) is 8. The third-order valence-electron chi connectivity index (χ3n) is 6.66. The number of amides is 1. The molecule has 36 heavy (non-hydrogen) atoms. The van der Waals surface area contributed by atoms with E-state index >= 15 is 0 Å². The van der Waals surface area contributed by atoms with Gasteiger partial charge in [0, 0.05) is 49.5 Å². The van der Waals surface area contributed by atoms with Gasteiger partial charge in [0.15, 0.2) is 5.13 Å². The Hall–Kier alpha value is -2.10. The Kier molecular flexibility index (Phi) is 9.30. The zero-order chi connectivity index (χ0) is 25.5. The molecule has 0 aromatic carbocycles. The maximum Gasteiger partial charge on any atom is 0.407 e. The molecule has 0 atom stereocenters. The molecule has 1 aliphatic heterocycles. The van der Waals surface area contributed by atoms with Crippen LogP contribution in [0.5, 0.6) is 0 Å². The molecular weight excluding hydrogens is 498 g/mol. The number of ether oxygens (including phenoxy) is 2. The van der Waals surface area contributed by atoms with Gasteiger partial charge in [0.25, 0.3) is 0 Å². The second kappa shape index (κ2) is 12.4. The fourth-order valence-electron chi connectivity index (χ4n) is 4.63. The van der Waals surface area contributed by atoms with Gasteiger partial charge in [-0.3, -0.25) is 0 Å². The Morgan fingerprint density at radius 3 is 2.53 bits per heavy atom. The Morgan fingerprint density at radius 2 is 1.81 bits per heavy atom. The van der Waals surface area contributed by atoms with Gasteiger partial charge in [-0.25, -0.2) is 14.8 Å². The number of rotatable bonds is 8. The number of pyridine rings is 1. The van der Waals surface area contributed by atoms with Crippen LogP contribution in [0.4, 0.5) is 15.7 Å². The summed E-state index contributed by atoms with van der Waals surface area (Å²) in [5, 5.41) is 13.5. The Labute approximate surface area is 222 Å². The average molecular weight is 536 g/mol. The molecule has 8 nitrogen and oxygen atoms in total. The molecular formula is C26H38ClN5O3S. The van der Waals surface area contributed by atoms with Crippen LogP contribution in [0.1, 0.15) is 59.3 Å².